The molecule has 12 aromatic rings. The van der Waals surface area contributed by atoms with Gasteiger partial charge >= 0.3 is 0 Å². The monoisotopic (exact) mass is 713 g/mol. The maximum Gasteiger partial charge on any atom is 0.164 e. The van der Waals surface area contributed by atoms with Crippen LogP contribution in [0.3, 0.4) is 0 Å². The molecule has 0 spiro atoms. The van der Waals surface area contributed by atoms with Gasteiger partial charge in [-0.1, -0.05) is 115 Å². The molecule has 0 bridgehead atoms. The molecule has 0 radical (unpaired) electrons. The van der Waals surface area contributed by atoms with Gasteiger partial charge in [-0.2, -0.15) is 0 Å². The van der Waals surface area contributed by atoms with Gasteiger partial charge in [-0.3, -0.25) is 0 Å². The van der Waals surface area contributed by atoms with Gasteiger partial charge in [0.05, 0.1) is 24.7 Å². The van der Waals surface area contributed by atoms with E-state index < -0.39 is 132 Å². The predicted octanol–water partition coefficient (Wildman–Crippen LogP) is 13.3. The highest BCUT2D eigenvalue weighted by Gasteiger charge is 2.24. The Balaban J connectivity index is 1.36. The number of para-hydroxylation sites is 2. The molecule has 12 rings (SSSR count). The van der Waals surface area contributed by atoms with Crippen molar-refractivity contribution in [3.05, 3.63) is 151 Å². The highest BCUT2D eigenvalue weighted by molar-refractivity contribution is 7.25. The van der Waals surface area contributed by atoms with E-state index >= 15 is 0 Å². The van der Waals surface area contributed by atoms with Gasteiger partial charge in [0.25, 0.3) is 0 Å². The number of nitrogens with zero attached hydrogens (tertiary/aromatic N) is 3. The van der Waals surface area contributed by atoms with Gasteiger partial charge in [-0.25, -0.2) is 15.0 Å². The Labute approximate surface area is 330 Å². The van der Waals surface area contributed by atoms with Crippen LogP contribution in [0.2, 0.25) is 0 Å². The molecule has 53 heavy (non-hydrogen) atoms. The largest absolute Gasteiger partial charge is 0.455 e. The lowest BCUT2D eigenvalue weighted by Gasteiger charge is -2.12. The summed E-state index contributed by atoms with van der Waals surface area (Å²) in [6.45, 7) is 0. The number of furan rings is 2. The standard InChI is InChI=1S/C47H25N3O2S/c1-3-14-28-26(12-1)24-34(41-30-16-5-8-20-36(30)51-43(28)41)46-48-45(33-19-11-23-39-40(33)32-18-7-10-22-38(32)53-39)49-47(50-46)35-25-27-13-2-4-15-29(27)44-42(35)31-17-6-9-21-37(31)52-44/h1-25H/i1D,2D,3D,4D,5D,6D,8D,9D,12D,13D,14D,15D,16D,17D,20D,21D,24D,25D. The van der Waals surface area contributed by atoms with Gasteiger partial charge in [0.1, 0.15) is 22.3 Å². The first kappa shape index (κ1) is 16.6. The smallest absolute Gasteiger partial charge is 0.164 e. The molecular formula is C47H25N3O2S. The van der Waals surface area contributed by atoms with Crippen molar-refractivity contribution in [2.45, 2.75) is 0 Å². The van der Waals surface area contributed by atoms with Crippen LogP contribution in [0.4, 0.5) is 0 Å². The topological polar surface area (TPSA) is 65.0 Å². The summed E-state index contributed by atoms with van der Waals surface area (Å²) >= 11 is 1.47. The third kappa shape index (κ3) is 4.15. The molecule has 0 unspecified atom stereocenters. The fourth-order valence-corrected chi connectivity index (χ4v) is 8.15. The first-order valence-electron chi connectivity index (χ1n) is 25.1. The van der Waals surface area contributed by atoms with Crippen molar-refractivity contribution in [3.8, 4) is 34.2 Å². The fourth-order valence-electron chi connectivity index (χ4n) is 7.01. The molecule has 246 valence electrons. The van der Waals surface area contributed by atoms with Crippen molar-refractivity contribution in [2.24, 2.45) is 0 Å². The molecule has 4 aromatic heterocycles. The fraction of sp³-hybridized carbons (Fsp3) is 0. The van der Waals surface area contributed by atoms with Gasteiger partial charge in [0.2, 0.25) is 0 Å². The van der Waals surface area contributed by atoms with Crippen LogP contribution in [0.5, 0.6) is 0 Å². The molecule has 8 aromatic carbocycles. The number of aromatic nitrogens is 3. The van der Waals surface area contributed by atoms with Crippen LogP contribution in [0.1, 0.15) is 24.7 Å². The summed E-state index contributed by atoms with van der Waals surface area (Å²) in [6, 6.07) is 0.965. The van der Waals surface area contributed by atoms with Gasteiger partial charge in [0.15, 0.2) is 17.5 Å². The van der Waals surface area contributed by atoms with Gasteiger partial charge < -0.3 is 8.83 Å². The minimum Gasteiger partial charge on any atom is -0.455 e. The summed E-state index contributed by atoms with van der Waals surface area (Å²) in [5.74, 6) is -1.02. The zero-order valence-electron chi connectivity index (χ0n) is 44.6. The summed E-state index contributed by atoms with van der Waals surface area (Å²) < 4.78 is 175. The molecule has 6 heteroatoms. The van der Waals surface area contributed by atoms with Crippen LogP contribution in [-0.2, 0) is 0 Å². The Morgan fingerprint density at radius 2 is 0.925 bits per heavy atom. The van der Waals surface area contributed by atoms with Gasteiger partial charge in [-0.15, -0.1) is 11.3 Å². The third-order valence-corrected chi connectivity index (χ3v) is 10.4. The molecule has 4 heterocycles. The first-order valence-corrected chi connectivity index (χ1v) is 17.0. The number of thiophene rings is 1. The second-order valence-electron chi connectivity index (χ2n) is 12.1. The summed E-state index contributed by atoms with van der Waals surface area (Å²) in [6.07, 6.45) is 0. The SMILES string of the molecule is [2H]c1c([2H])c([2H])c2c(oc3c4c([2H])c([2H])c([2H])c([2H])c4c([2H])c(-c4nc(-c5cccc6sc7ccccc7c56)nc(-c5c([2H])c6c([2H])c([2H])c([2H])c([2H])c6c6oc7c([2H])c([2H])c([2H])c([2H])c7c56)n4)c32)c1[2H]. The zero-order valence-corrected chi connectivity index (χ0v) is 27.4. The van der Waals surface area contributed by atoms with Crippen LogP contribution in [-0.4, -0.2) is 15.0 Å². The Hall–Kier alpha value is -6.89. The molecule has 0 aliphatic carbocycles. The summed E-state index contributed by atoms with van der Waals surface area (Å²) in [7, 11) is 0. The van der Waals surface area contributed by atoms with E-state index in [0.717, 1.165) is 14.8 Å². The molecule has 0 saturated carbocycles. The van der Waals surface area contributed by atoms with E-state index in [0.29, 0.717) is 10.9 Å². The molecular weight excluding hydrogens is 671 g/mol. The van der Waals surface area contributed by atoms with E-state index in [9.17, 15) is 2.74 Å². The highest BCUT2D eigenvalue weighted by Crippen LogP contribution is 2.45. The lowest BCUT2D eigenvalue weighted by molar-refractivity contribution is 0.672. The quantitative estimate of drug-likeness (QED) is 0.182. The van der Waals surface area contributed by atoms with Crippen molar-refractivity contribution in [3.63, 3.8) is 0 Å². The van der Waals surface area contributed by atoms with Crippen LogP contribution >= 0.6 is 11.3 Å². The molecule has 0 amide bonds. The van der Waals surface area contributed by atoms with Crippen molar-refractivity contribution in [2.75, 3.05) is 0 Å². The van der Waals surface area contributed by atoms with Crippen molar-refractivity contribution < 1.29 is 33.5 Å². The molecule has 0 saturated heterocycles. The van der Waals surface area contributed by atoms with Gasteiger partial charge in [0, 0.05) is 69.2 Å². The van der Waals surface area contributed by atoms with Crippen LogP contribution in [0, 0.1) is 0 Å². The van der Waals surface area contributed by atoms with E-state index in [1.54, 1.807) is 12.1 Å². The number of hydrogen-bond donors (Lipinski definition) is 0. The Morgan fingerprint density at radius 1 is 0.434 bits per heavy atom. The molecule has 0 N–H and O–H groups in total. The van der Waals surface area contributed by atoms with Crippen molar-refractivity contribution in [1.29, 1.82) is 0 Å². The molecule has 0 fully saturated rings. The first-order chi connectivity index (χ1) is 33.8. The lowest BCUT2D eigenvalue weighted by Crippen LogP contribution is -2.01. The molecule has 0 aliphatic heterocycles. The maximum absolute atomic E-state index is 9.92. The number of benzene rings is 8. The van der Waals surface area contributed by atoms with Crippen LogP contribution in [0.15, 0.2) is 160 Å². The molecule has 0 aliphatic rings. The summed E-state index contributed by atoms with van der Waals surface area (Å²) in [5, 5.41) is -0.962. The second-order valence-corrected chi connectivity index (χ2v) is 13.2. The van der Waals surface area contributed by atoms with E-state index in [-0.39, 0.29) is 71.2 Å². The Kier molecular flexibility index (Phi) is 3.39. The number of fused-ring (bicyclic) bond motifs is 13. The number of hydrogen-bond acceptors (Lipinski definition) is 6. The lowest BCUT2D eigenvalue weighted by atomic mass is 9.98. The second kappa shape index (κ2) is 10.8. The third-order valence-electron chi connectivity index (χ3n) is 9.22. The Bertz CT molecular complexity index is 4300. The van der Waals surface area contributed by atoms with Gasteiger partial charge in [-0.05, 0) is 47.1 Å². The minimum atomic E-state index is -0.715. The van der Waals surface area contributed by atoms with E-state index in [4.69, 9.17) is 45.7 Å². The van der Waals surface area contributed by atoms with Crippen molar-refractivity contribution >= 4 is 96.9 Å². The van der Waals surface area contributed by atoms with Crippen LogP contribution < -0.4 is 0 Å². The van der Waals surface area contributed by atoms with E-state index in [1.165, 1.54) is 11.3 Å². The van der Waals surface area contributed by atoms with E-state index in [2.05, 4.69) is 0 Å². The normalized spacial score (nSPS) is 16.9. The summed E-state index contributed by atoms with van der Waals surface area (Å²) in [4.78, 5) is 14.8. The molecule has 0 atom stereocenters. The minimum absolute atomic E-state index is 0.131. The summed E-state index contributed by atoms with van der Waals surface area (Å²) in [5.41, 5.74) is -1.84. The number of rotatable bonds is 3. The average Bonchev–Trinajstić information content (AvgIpc) is 4.07. The molecule has 5 nitrogen and oxygen atoms in total. The van der Waals surface area contributed by atoms with Crippen LogP contribution in [0.25, 0.3) is 120 Å². The predicted molar refractivity (Wildman–Crippen MR) is 219 cm³/mol. The van der Waals surface area contributed by atoms with E-state index in [1.807, 2.05) is 30.3 Å². The average molecular weight is 714 g/mol. The maximum atomic E-state index is 9.92. The zero-order chi connectivity index (χ0) is 50.3. The van der Waals surface area contributed by atoms with Crippen molar-refractivity contribution in [1.82, 2.24) is 15.0 Å². The highest BCUT2D eigenvalue weighted by atomic mass is 32.1. The Morgan fingerprint density at radius 3 is 1.53 bits per heavy atom.